The SMILES string of the molecule is CC1OC(COC(C)(C)C)[C@@H](O)[C@H](O)C1O. The van der Waals surface area contributed by atoms with Crippen LogP contribution in [0.25, 0.3) is 0 Å². The van der Waals surface area contributed by atoms with Crippen molar-refractivity contribution in [1.82, 2.24) is 0 Å². The van der Waals surface area contributed by atoms with Gasteiger partial charge in [0.15, 0.2) is 0 Å². The summed E-state index contributed by atoms with van der Waals surface area (Å²) in [4.78, 5) is 0. The van der Waals surface area contributed by atoms with Crippen LogP contribution >= 0.6 is 0 Å². The molecule has 1 heterocycles. The van der Waals surface area contributed by atoms with E-state index in [9.17, 15) is 15.3 Å². The molecule has 0 aromatic carbocycles. The van der Waals surface area contributed by atoms with Crippen molar-refractivity contribution in [2.45, 2.75) is 63.8 Å². The summed E-state index contributed by atoms with van der Waals surface area (Å²) in [6.07, 6.45) is -4.47. The van der Waals surface area contributed by atoms with Crippen LogP contribution in [0.15, 0.2) is 0 Å². The molecule has 0 aliphatic carbocycles. The van der Waals surface area contributed by atoms with Gasteiger partial charge in [-0.25, -0.2) is 0 Å². The Hall–Kier alpha value is -0.200. The summed E-state index contributed by atoms with van der Waals surface area (Å²) in [7, 11) is 0. The summed E-state index contributed by atoms with van der Waals surface area (Å²) in [6.45, 7) is 7.55. The Morgan fingerprint density at radius 1 is 1.06 bits per heavy atom. The van der Waals surface area contributed by atoms with Gasteiger partial charge in [0.05, 0.1) is 18.3 Å². The molecule has 1 saturated heterocycles. The predicted octanol–water partition coefficient (Wildman–Crippen LogP) is -0.329. The van der Waals surface area contributed by atoms with Gasteiger partial charge >= 0.3 is 0 Å². The van der Waals surface area contributed by atoms with Gasteiger partial charge in [0.25, 0.3) is 0 Å². The van der Waals surface area contributed by atoms with Crippen LogP contribution in [0.3, 0.4) is 0 Å². The number of hydrogen-bond acceptors (Lipinski definition) is 5. The van der Waals surface area contributed by atoms with Gasteiger partial charge in [-0.1, -0.05) is 0 Å². The minimum Gasteiger partial charge on any atom is -0.388 e. The van der Waals surface area contributed by atoms with Gasteiger partial charge in [0.1, 0.15) is 24.4 Å². The third-order valence-corrected chi connectivity index (χ3v) is 2.63. The zero-order valence-corrected chi connectivity index (χ0v) is 10.3. The molecule has 0 saturated carbocycles. The van der Waals surface area contributed by atoms with Crippen LogP contribution in [0.5, 0.6) is 0 Å². The Morgan fingerprint density at radius 2 is 1.62 bits per heavy atom. The van der Waals surface area contributed by atoms with Gasteiger partial charge in [-0.05, 0) is 27.7 Å². The molecule has 3 N–H and O–H groups in total. The van der Waals surface area contributed by atoms with E-state index in [1.54, 1.807) is 6.92 Å². The average molecular weight is 234 g/mol. The summed E-state index contributed by atoms with van der Waals surface area (Å²) >= 11 is 0. The highest BCUT2D eigenvalue weighted by molar-refractivity contribution is 4.90. The largest absolute Gasteiger partial charge is 0.388 e. The lowest BCUT2D eigenvalue weighted by molar-refractivity contribution is -0.234. The van der Waals surface area contributed by atoms with Crippen molar-refractivity contribution in [1.29, 1.82) is 0 Å². The van der Waals surface area contributed by atoms with Gasteiger partial charge in [-0.3, -0.25) is 0 Å². The number of ether oxygens (including phenoxy) is 2. The first-order chi connectivity index (χ1) is 7.22. The van der Waals surface area contributed by atoms with Crippen LogP contribution in [0.4, 0.5) is 0 Å². The first kappa shape index (κ1) is 13.9. The molecule has 0 bridgehead atoms. The van der Waals surface area contributed by atoms with Crippen LogP contribution in [0, 0.1) is 0 Å². The average Bonchev–Trinajstić information content (AvgIpc) is 2.17. The van der Waals surface area contributed by atoms with E-state index in [1.165, 1.54) is 0 Å². The molecular weight excluding hydrogens is 212 g/mol. The molecule has 1 aliphatic heterocycles. The fraction of sp³-hybridized carbons (Fsp3) is 1.00. The van der Waals surface area contributed by atoms with Gasteiger partial charge in [-0.2, -0.15) is 0 Å². The summed E-state index contributed by atoms with van der Waals surface area (Å²) < 4.78 is 10.9. The molecule has 1 rings (SSSR count). The number of aliphatic hydroxyl groups is 3. The zero-order chi connectivity index (χ0) is 12.5. The molecule has 5 atom stereocenters. The first-order valence-electron chi connectivity index (χ1n) is 5.56. The van der Waals surface area contributed by atoms with Crippen LogP contribution in [0.2, 0.25) is 0 Å². The predicted molar refractivity (Wildman–Crippen MR) is 58.1 cm³/mol. The molecule has 0 amide bonds. The Labute approximate surface area is 96.0 Å². The Kier molecular flexibility index (Phi) is 4.31. The maximum atomic E-state index is 9.71. The molecule has 0 spiro atoms. The number of rotatable bonds is 2. The zero-order valence-electron chi connectivity index (χ0n) is 10.3. The molecule has 0 aromatic rings. The Bertz CT molecular complexity index is 225. The number of aliphatic hydroxyl groups excluding tert-OH is 3. The Balaban J connectivity index is 2.54. The molecular formula is C11H22O5. The molecule has 5 heteroatoms. The van der Waals surface area contributed by atoms with E-state index in [0.717, 1.165) is 0 Å². The van der Waals surface area contributed by atoms with Gasteiger partial charge in [-0.15, -0.1) is 0 Å². The van der Waals surface area contributed by atoms with E-state index < -0.39 is 30.5 Å². The minimum absolute atomic E-state index is 0.193. The molecule has 0 radical (unpaired) electrons. The van der Waals surface area contributed by atoms with Crippen LogP contribution < -0.4 is 0 Å². The normalized spacial score (nSPS) is 41.1. The van der Waals surface area contributed by atoms with Crippen molar-refractivity contribution >= 4 is 0 Å². The van der Waals surface area contributed by atoms with E-state index in [-0.39, 0.29) is 12.2 Å². The van der Waals surface area contributed by atoms with Crippen LogP contribution in [0.1, 0.15) is 27.7 Å². The van der Waals surface area contributed by atoms with Gasteiger partial charge in [0.2, 0.25) is 0 Å². The van der Waals surface area contributed by atoms with Crippen LogP contribution in [-0.2, 0) is 9.47 Å². The van der Waals surface area contributed by atoms with E-state index >= 15 is 0 Å². The van der Waals surface area contributed by atoms with Gasteiger partial charge < -0.3 is 24.8 Å². The second-order valence-corrected chi connectivity index (χ2v) is 5.27. The minimum atomic E-state index is -1.18. The maximum Gasteiger partial charge on any atom is 0.111 e. The molecule has 16 heavy (non-hydrogen) atoms. The molecule has 1 aliphatic rings. The lowest BCUT2D eigenvalue weighted by atomic mass is 9.96. The first-order valence-corrected chi connectivity index (χ1v) is 5.56. The monoisotopic (exact) mass is 234 g/mol. The van der Waals surface area contributed by atoms with Crippen molar-refractivity contribution in [2.75, 3.05) is 6.61 Å². The van der Waals surface area contributed by atoms with Crippen molar-refractivity contribution < 1.29 is 24.8 Å². The Morgan fingerprint density at radius 3 is 2.12 bits per heavy atom. The topological polar surface area (TPSA) is 79.2 Å². The second kappa shape index (κ2) is 4.98. The van der Waals surface area contributed by atoms with Crippen molar-refractivity contribution in [2.24, 2.45) is 0 Å². The number of hydrogen-bond donors (Lipinski definition) is 3. The highest BCUT2D eigenvalue weighted by Gasteiger charge is 2.42. The maximum absolute atomic E-state index is 9.71. The molecule has 0 aromatic heterocycles. The van der Waals surface area contributed by atoms with Crippen LogP contribution in [-0.4, -0.2) is 58.0 Å². The van der Waals surface area contributed by atoms with Crippen molar-refractivity contribution in [3.63, 3.8) is 0 Å². The van der Waals surface area contributed by atoms with Gasteiger partial charge in [0, 0.05) is 0 Å². The summed E-state index contributed by atoms with van der Waals surface area (Å²) in [5.41, 5.74) is -0.326. The highest BCUT2D eigenvalue weighted by atomic mass is 16.6. The lowest BCUT2D eigenvalue weighted by Crippen LogP contribution is -2.58. The molecule has 96 valence electrons. The fourth-order valence-corrected chi connectivity index (χ4v) is 1.61. The van der Waals surface area contributed by atoms with Crippen molar-refractivity contribution in [3.8, 4) is 0 Å². The highest BCUT2D eigenvalue weighted by Crippen LogP contribution is 2.22. The quantitative estimate of drug-likeness (QED) is 0.610. The molecule has 5 nitrogen and oxygen atoms in total. The second-order valence-electron chi connectivity index (χ2n) is 5.27. The summed E-state index contributed by atoms with van der Waals surface area (Å²) in [5, 5.41) is 28.8. The summed E-state index contributed by atoms with van der Waals surface area (Å²) in [5.74, 6) is 0. The third-order valence-electron chi connectivity index (χ3n) is 2.63. The molecule has 3 unspecified atom stereocenters. The third kappa shape index (κ3) is 3.40. The summed E-state index contributed by atoms with van der Waals surface area (Å²) in [6, 6.07) is 0. The van der Waals surface area contributed by atoms with E-state index in [0.29, 0.717) is 0 Å². The fourth-order valence-electron chi connectivity index (χ4n) is 1.61. The standard InChI is InChI=1S/C11H22O5/c1-6-8(12)10(14)9(13)7(16-6)5-15-11(2,3)4/h6-10,12-14H,5H2,1-4H3/t6?,7?,8?,9-,10-/m1/s1. The van der Waals surface area contributed by atoms with E-state index in [1.807, 2.05) is 20.8 Å². The van der Waals surface area contributed by atoms with Crippen molar-refractivity contribution in [3.05, 3.63) is 0 Å². The smallest absolute Gasteiger partial charge is 0.111 e. The molecule has 1 fully saturated rings. The lowest BCUT2D eigenvalue weighted by Gasteiger charge is -2.40. The van der Waals surface area contributed by atoms with E-state index in [2.05, 4.69) is 0 Å². The van der Waals surface area contributed by atoms with E-state index in [4.69, 9.17) is 9.47 Å².